The third-order valence-electron chi connectivity index (χ3n) is 3.88. The average molecular weight is 231 g/mol. The highest BCUT2D eigenvalue weighted by atomic mass is 16.1. The largest absolute Gasteiger partial charge is 0.366 e. The molecular formula is C15H21NO. The van der Waals surface area contributed by atoms with E-state index in [4.69, 9.17) is 5.73 Å². The molecule has 0 radical (unpaired) electrons. The van der Waals surface area contributed by atoms with Gasteiger partial charge in [0.25, 0.3) is 0 Å². The monoisotopic (exact) mass is 231 g/mol. The predicted molar refractivity (Wildman–Crippen MR) is 70.2 cm³/mol. The van der Waals surface area contributed by atoms with Crippen LogP contribution in [0.5, 0.6) is 0 Å². The molecule has 0 bridgehead atoms. The molecule has 1 saturated carbocycles. The summed E-state index contributed by atoms with van der Waals surface area (Å²) in [6.45, 7) is 2.11. The Hall–Kier alpha value is -1.31. The van der Waals surface area contributed by atoms with E-state index in [1.165, 1.54) is 43.2 Å². The number of carbonyl (C=O) groups is 1. The van der Waals surface area contributed by atoms with Crippen LogP contribution in [0.3, 0.4) is 0 Å². The van der Waals surface area contributed by atoms with Crippen LogP contribution in [-0.4, -0.2) is 5.91 Å². The Kier molecular flexibility index (Phi) is 3.82. The minimum atomic E-state index is -0.292. The number of benzene rings is 1. The minimum absolute atomic E-state index is 0.292. The first kappa shape index (κ1) is 12.2. The highest BCUT2D eigenvalue weighted by Crippen LogP contribution is 2.35. The molecule has 2 heteroatoms. The van der Waals surface area contributed by atoms with Crippen LogP contribution in [0.2, 0.25) is 0 Å². The van der Waals surface area contributed by atoms with Crippen molar-refractivity contribution in [2.45, 2.75) is 51.4 Å². The fraction of sp³-hybridized carbons (Fsp3) is 0.533. The van der Waals surface area contributed by atoms with E-state index < -0.39 is 0 Å². The van der Waals surface area contributed by atoms with Crippen LogP contribution in [0.4, 0.5) is 0 Å². The third kappa shape index (κ3) is 2.51. The fourth-order valence-electron chi connectivity index (χ4n) is 3.03. The van der Waals surface area contributed by atoms with Crippen LogP contribution < -0.4 is 5.73 Å². The Morgan fingerprint density at radius 2 is 2.00 bits per heavy atom. The molecule has 1 fully saturated rings. The molecule has 0 spiro atoms. The van der Waals surface area contributed by atoms with Gasteiger partial charge in [0.2, 0.25) is 5.91 Å². The summed E-state index contributed by atoms with van der Waals surface area (Å²) in [6, 6.07) is 6.01. The van der Waals surface area contributed by atoms with Gasteiger partial charge in [-0.25, -0.2) is 0 Å². The van der Waals surface area contributed by atoms with Crippen LogP contribution in [0.1, 0.15) is 66.4 Å². The van der Waals surface area contributed by atoms with Gasteiger partial charge < -0.3 is 5.73 Å². The molecule has 0 atom stereocenters. The number of nitrogens with two attached hydrogens (primary N) is 1. The lowest BCUT2D eigenvalue weighted by Gasteiger charge is -2.25. The van der Waals surface area contributed by atoms with Crippen molar-refractivity contribution in [3.05, 3.63) is 34.9 Å². The summed E-state index contributed by atoms with van der Waals surface area (Å²) in [5.74, 6) is 0.345. The van der Waals surface area contributed by atoms with Crippen LogP contribution in [0.25, 0.3) is 0 Å². The highest BCUT2D eigenvalue weighted by Gasteiger charge is 2.20. The molecule has 0 saturated heterocycles. The fourth-order valence-corrected chi connectivity index (χ4v) is 3.03. The van der Waals surface area contributed by atoms with E-state index in [-0.39, 0.29) is 5.91 Å². The Balaban J connectivity index is 2.38. The number of hydrogen-bond acceptors (Lipinski definition) is 1. The Bertz CT molecular complexity index is 405. The van der Waals surface area contributed by atoms with Crippen molar-refractivity contribution in [1.82, 2.24) is 0 Å². The smallest absolute Gasteiger partial charge is 0.248 e. The van der Waals surface area contributed by atoms with Crippen molar-refractivity contribution in [2.75, 3.05) is 0 Å². The van der Waals surface area contributed by atoms with Gasteiger partial charge in [-0.2, -0.15) is 0 Å². The predicted octanol–water partition coefficient (Wildman–Crippen LogP) is 3.40. The minimum Gasteiger partial charge on any atom is -0.366 e. The van der Waals surface area contributed by atoms with Crippen molar-refractivity contribution in [3.8, 4) is 0 Å². The molecule has 2 rings (SSSR count). The molecule has 1 amide bonds. The molecular weight excluding hydrogens is 210 g/mol. The van der Waals surface area contributed by atoms with Gasteiger partial charge in [0.15, 0.2) is 0 Å². The SMILES string of the molecule is CCc1c(C(N)=O)cccc1C1CCCCC1. The molecule has 2 N–H and O–H groups in total. The summed E-state index contributed by atoms with van der Waals surface area (Å²) in [6.07, 6.45) is 7.39. The molecule has 0 aromatic heterocycles. The topological polar surface area (TPSA) is 43.1 Å². The molecule has 0 aliphatic heterocycles. The second-order valence-corrected chi connectivity index (χ2v) is 4.93. The van der Waals surface area contributed by atoms with Crippen molar-refractivity contribution in [1.29, 1.82) is 0 Å². The zero-order valence-electron chi connectivity index (χ0n) is 10.5. The zero-order valence-corrected chi connectivity index (χ0v) is 10.5. The summed E-state index contributed by atoms with van der Waals surface area (Å²) < 4.78 is 0. The van der Waals surface area contributed by atoms with Gasteiger partial charge in [0.05, 0.1) is 0 Å². The number of carbonyl (C=O) groups excluding carboxylic acids is 1. The lowest BCUT2D eigenvalue weighted by Crippen LogP contribution is -2.16. The van der Waals surface area contributed by atoms with Crippen molar-refractivity contribution in [3.63, 3.8) is 0 Å². The summed E-state index contributed by atoms with van der Waals surface area (Å²) >= 11 is 0. The van der Waals surface area contributed by atoms with Crippen molar-refractivity contribution < 1.29 is 4.79 Å². The first-order valence-electron chi connectivity index (χ1n) is 6.65. The van der Waals surface area contributed by atoms with Gasteiger partial charge in [0.1, 0.15) is 0 Å². The molecule has 0 unspecified atom stereocenters. The second-order valence-electron chi connectivity index (χ2n) is 4.93. The standard InChI is InChI=1S/C15H21NO/c1-2-12-13(11-7-4-3-5-8-11)9-6-10-14(12)15(16)17/h6,9-11H,2-5,7-8H2,1H3,(H2,16,17). The lowest BCUT2D eigenvalue weighted by atomic mass is 9.80. The first-order chi connectivity index (χ1) is 8.24. The van der Waals surface area contributed by atoms with Crippen LogP contribution >= 0.6 is 0 Å². The lowest BCUT2D eigenvalue weighted by molar-refractivity contribution is 0.0999. The van der Waals surface area contributed by atoms with Crippen LogP contribution in [0.15, 0.2) is 18.2 Å². The summed E-state index contributed by atoms with van der Waals surface area (Å²) in [5, 5.41) is 0. The van der Waals surface area contributed by atoms with E-state index in [2.05, 4.69) is 13.0 Å². The van der Waals surface area contributed by atoms with Crippen molar-refractivity contribution in [2.24, 2.45) is 5.73 Å². The Morgan fingerprint density at radius 3 is 2.59 bits per heavy atom. The van der Waals surface area contributed by atoms with Gasteiger partial charge >= 0.3 is 0 Å². The molecule has 0 heterocycles. The van der Waals surface area contributed by atoms with Gasteiger partial charge in [-0.05, 0) is 42.4 Å². The van der Waals surface area contributed by atoms with Crippen LogP contribution in [-0.2, 0) is 6.42 Å². The second kappa shape index (κ2) is 5.35. The molecule has 2 nitrogen and oxygen atoms in total. The molecule has 92 valence electrons. The number of amides is 1. The Labute approximate surface area is 103 Å². The maximum absolute atomic E-state index is 11.4. The van der Waals surface area contributed by atoms with E-state index >= 15 is 0 Å². The number of primary amides is 1. The number of rotatable bonds is 3. The normalized spacial score (nSPS) is 17.0. The van der Waals surface area contributed by atoms with Crippen molar-refractivity contribution >= 4 is 5.91 Å². The Morgan fingerprint density at radius 1 is 1.29 bits per heavy atom. The van der Waals surface area contributed by atoms with E-state index in [0.29, 0.717) is 5.92 Å². The van der Waals surface area contributed by atoms with E-state index in [1.54, 1.807) is 0 Å². The first-order valence-corrected chi connectivity index (χ1v) is 6.65. The van der Waals surface area contributed by atoms with E-state index in [1.807, 2.05) is 12.1 Å². The molecule has 1 aliphatic rings. The van der Waals surface area contributed by atoms with Crippen LogP contribution in [0, 0.1) is 0 Å². The molecule has 1 aromatic rings. The average Bonchev–Trinajstić information content (AvgIpc) is 2.38. The summed E-state index contributed by atoms with van der Waals surface area (Å²) in [7, 11) is 0. The zero-order chi connectivity index (χ0) is 12.3. The van der Waals surface area contributed by atoms with Gasteiger partial charge in [-0.1, -0.05) is 38.3 Å². The summed E-state index contributed by atoms with van der Waals surface area (Å²) in [5.41, 5.74) is 8.71. The molecule has 1 aromatic carbocycles. The van der Waals surface area contributed by atoms with E-state index in [9.17, 15) is 4.79 Å². The summed E-state index contributed by atoms with van der Waals surface area (Å²) in [4.78, 5) is 11.4. The van der Waals surface area contributed by atoms with Gasteiger partial charge in [0, 0.05) is 5.56 Å². The maximum Gasteiger partial charge on any atom is 0.248 e. The maximum atomic E-state index is 11.4. The highest BCUT2D eigenvalue weighted by molar-refractivity contribution is 5.94. The quantitative estimate of drug-likeness (QED) is 0.851. The van der Waals surface area contributed by atoms with E-state index in [0.717, 1.165) is 12.0 Å². The third-order valence-corrected chi connectivity index (χ3v) is 3.88. The molecule has 17 heavy (non-hydrogen) atoms. The van der Waals surface area contributed by atoms with Gasteiger partial charge in [-0.3, -0.25) is 4.79 Å². The molecule has 1 aliphatic carbocycles. The van der Waals surface area contributed by atoms with Gasteiger partial charge in [-0.15, -0.1) is 0 Å². The number of hydrogen-bond donors (Lipinski definition) is 1.